The highest BCUT2D eigenvalue weighted by Gasteiger charge is 2.27. The van der Waals surface area contributed by atoms with Crippen LogP contribution in [0.4, 0.5) is 0 Å². The highest BCUT2D eigenvalue weighted by Crippen LogP contribution is 2.37. The molecule has 0 radical (unpaired) electrons. The molecule has 0 saturated carbocycles. The number of ether oxygens (including phenoxy) is 1. The average molecular weight is 334 g/mol. The monoisotopic (exact) mass is 334 g/mol. The molecule has 124 valence electrons. The molecular weight excluding hydrogens is 312 g/mol. The van der Waals surface area contributed by atoms with E-state index in [1.807, 2.05) is 29.1 Å². The molecule has 0 fully saturated rings. The van der Waals surface area contributed by atoms with E-state index in [0.29, 0.717) is 19.6 Å². The van der Waals surface area contributed by atoms with Crippen molar-refractivity contribution in [3.05, 3.63) is 40.5 Å². The van der Waals surface area contributed by atoms with E-state index in [4.69, 9.17) is 4.74 Å². The van der Waals surface area contributed by atoms with Crippen molar-refractivity contribution in [1.29, 1.82) is 0 Å². The SMILES string of the molecule is COCC(O)CCNC(=O)c1c(-n2cccc2)sc2c1CCC2. The average Bonchev–Trinajstić information content (AvgIpc) is 3.23. The summed E-state index contributed by atoms with van der Waals surface area (Å²) in [5.74, 6) is -0.0438. The summed E-state index contributed by atoms with van der Waals surface area (Å²) in [6.07, 6.45) is 7.05. The lowest BCUT2D eigenvalue weighted by molar-refractivity contribution is 0.0587. The molecule has 23 heavy (non-hydrogen) atoms. The Balaban J connectivity index is 1.75. The van der Waals surface area contributed by atoms with Crippen molar-refractivity contribution in [3.63, 3.8) is 0 Å². The number of methoxy groups -OCH3 is 1. The number of nitrogens with zero attached hydrogens (tertiary/aromatic N) is 1. The summed E-state index contributed by atoms with van der Waals surface area (Å²) in [5, 5.41) is 13.6. The molecule has 0 bridgehead atoms. The van der Waals surface area contributed by atoms with Crippen LogP contribution in [0.1, 0.15) is 33.6 Å². The Morgan fingerprint density at radius 1 is 1.43 bits per heavy atom. The normalized spacial score (nSPS) is 14.7. The molecule has 5 nitrogen and oxygen atoms in total. The number of amides is 1. The van der Waals surface area contributed by atoms with E-state index in [1.54, 1.807) is 18.4 Å². The van der Waals surface area contributed by atoms with Crippen LogP contribution in [0.25, 0.3) is 5.00 Å². The number of fused-ring (bicyclic) bond motifs is 1. The molecule has 1 unspecified atom stereocenters. The van der Waals surface area contributed by atoms with Crippen molar-refractivity contribution in [2.24, 2.45) is 0 Å². The fourth-order valence-corrected chi connectivity index (χ4v) is 4.34. The number of hydrogen-bond acceptors (Lipinski definition) is 4. The maximum absolute atomic E-state index is 12.7. The van der Waals surface area contributed by atoms with Crippen molar-refractivity contribution in [1.82, 2.24) is 9.88 Å². The molecule has 0 aromatic carbocycles. The smallest absolute Gasteiger partial charge is 0.254 e. The maximum Gasteiger partial charge on any atom is 0.254 e. The molecule has 1 amide bonds. The van der Waals surface area contributed by atoms with Gasteiger partial charge in [-0.1, -0.05) is 0 Å². The van der Waals surface area contributed by atoms with Crippen molar-refractivity contribution in [3.8, 4) is 5.00 Å². The molecule has 6 heteroatoms. The highest BCUT2D eigenvalue weighted by atomic mass is 32.1. The van der Waals surface area contributed by atoms with Crippen molar-refractivity contribution < 1.29 is 14.6 Å². The van der Waals surface area contributed by atoms with Crippen LogP contribution < -0.4 is 5.32 Å². The molecule has 0 spiro atoms. The summed E-state index contributed by atoms with van der Waals surface area (Å²) in [7, 11) is 1.56. The summed E-state index contributed by atoms with van der Waals surface area (Å²) >= 11 is 1.72. The molecule has 2 aromatic heterocycles. The van der Waals surface area contributed by atoms with Crippen LogP contribution in [0.15, 0.2) is 24.5 Å². The lowest BCUT2D eigenvalue weighted by Gasteiger charge is -2.11. The second kappa shape index (κ2) is 7.29. The lowest BCUT2D eigenvalue weighted by atomic mass is 10.1. The van der Waals surface area contributed by atoms with Gasteiger partial charge < -0.3 is 19.7 Å². The minimum atomic E-state index is -0.544. The van der Waals surface area contributed by atoms with E-state index < -0.39 is 6.10 Å². The Kier molecular flexibility index (Phi) is 5.15. The summed E-state index contributed by atoms with van der Waals surface area (Å²) in [5.41, 5.74) is 2.01. The summed E-state index contributed by atoms with van der Waals surface area (Å²) in [6.45, 7) is 0.734. The number of thiophene rings is 1. The van der Waals surface area contributed by atoms with Gasteiger partial charge in [0.2, 0.25) is 0 Å². The van der Waals surface area contributed by atoms with Crippen LogP contribution in [0.5, 0.6) is 0 Å². The fraction of sp³-hybridized carbons (Fsp3) is 0.471. The molecule has 0 saturated heterocycles. The minimum Gasteiger partial charge on any atom is -0.391 e. The molecule has 1 atom stereocenters. The van der Waals surface area contributed by atoms with Crippen molar-refractivity contribution in [2.45, 2.75) is 31.8 Å². The van der Waals surface area contributed by atoms with E-state index in [2.05, 4.69) is 5.32 Å². The second-order valence-electron chi connectivity index (χ2n) is 5.78. The largest absolute Gasteiger partial charge is 0.391 e. The van der Waals surface area contributed by atoms with Crippen LogP contribution >= 0.6 is 11.3 Å². The first-order chi connectivity index (χ1) is 11.2. The van der Waals surface area contributed by atoms with Crippen LogP contribution in [0.2, 0.25) is 0 Å². The van der Waals surface area contributed by atoms with E-state index in [-0.39, 0.29) is 5.91 Å². The third-order valence-electron chi connectivity index (χ3n) is 4.09. The summed E-state index contributed by atoms with van der Waals surface area (Å²) in [4.78, 5) is 14.0. The Hall–Kier alpha value is -1.63. The molecule has 1 aliphatic carbocycles. The molecule has 3 rings (SSSR count). The zero-order valence-corrected chi connectivity index (χ0v) is 14.1. The predicted molar refractivity (Wildman–Crippen MR) is 90.5 cm³/mol. The third kappa shape index (κ3) is 3.49. The van der Waals surface area contributed by atoms with Gasteiger partial charge in [-0.15, -0.1) is 11.3 Å². The van der Waals surface area contributed by atoms with Crippen LogP contribution in [-0.2, 0) is 17.6 Å². The van der Waals surface area contributed by atoms with Gasteiger partial charge in [0.15, 0.2) is 0 Å². The summed E-state index contributed by atoms with van der Waals surface area (Å²) in [6, 6.07) is 3.93. The van der Waals surface area contributed by atoms with Crippen molar-refractivity contribution >= 4 is 17.2 Å². The van der Waals surface area contributed by atoms with Gasteiger partial charge in [-0.05, 0) is 43.4 Å². The molecular formula is C17H22N2O3S. The van der Waals surface area contributed by atoms with E-state index in [9.17, 15) is 9.90 Å². The van der Waals surface area contributed by atoms with Gasteiger partial charge in [0.25, 0.3) is 5.91 Å². The van der Waals surface area contributed by atoms with Gasteiger partial charge >= 0.3 is 0 Å². The highest BCUT2D eigenvalue weighted by molar-refractivity contribution is 7.15. The molecule has 2 N–H and O–H groups in total. The molecule has 2 heterocycles. The number of aliphatic hydroxyl groups is 1. The number of aliphatic hydroxyl groups excluding tert-OH is 1. The molecule has 2 aromatic rings. The van der Waals surface area contributed by atoms with E-state index >= 15 is 0 Å². The van der Waals surface area contributed by atoms with Crippen LogP contribution in [0.3, 0.4) is 0 Å². The third-order valence-corrected chi connectivity index (χ3v) is 5.40. The van der Waals surface area contributed by atoms with Gasteiger partial charge in [-0.2, -0.15) is 0 Å². The zero-order valence-electron chi connectivity index (χ0n) is 13.2. The Bertz CT molecular complexity index is 664. The number of aryl methyl sites for hydroxylation is 1. The van der Waals surface area contributed by atoms with E-state index in [1.165, 1.54) is 10.4 Å². The topological polar surface area (TPSA) is 63.5 Å². The number of carbonyl (C=O) groups is 1. The van der Waals surface area contributed by atoms with Gasteiger partial charge in [-0.25, -0.2) is 0 Å². The Labute approximate surface area is 139 Å². The second-order valence-corrected chi connectivity index (χ2v) is 6.87. The van der Waals surface area contributed by atoms with Gasteiger partial charge in [0.1, 0.15) is 5.00 Å². The molecule has 0 aliphatic heterocycles. The first-order valence-corrected chi connectivity index (χ1v) is 8.75. The number of carbonyl (C=O) groups excluding carboxylic acids is 1. The van der Waals surface area contributed by atoms with Gasteiger partial charge in [0.05, 0.1) is 18.3 Å². The van der Waals surface area contributed by atoms with Crippen LogP contribution in [0, 0.1) is 0 Å². The first-order valence-electron chi connectivity index (χ1n) is 7.93. The quantitative estimate of drug-likeness (QED) is 0.815. The number of nitrogens with one attached hydrogen (secondary N) is 1. The Morgan fingerprint density at radius 3 is 2.96 bits per heavy atom. The minimum absolute atomic E-state index is 0.0438. The first kappa shape index (κ1) is 16.2. The Morgan fingerprint density at radius 2 is 2.22 bits per heavy atom. The zero-order chi connectivity index (χ0) is 16.2. The van der Waals surface area contributed by atoms with Gasteiger partial charge in [0, 0.05) is 30.9 Å². The number of hydrogen-bond donors (Lipinski definition) is 2. The van der Waals surface area contributed by atoms with E-state index in [0.717, 1.165) is 29.8 Å². The maximum atomic E-state index is 12.7. The standard InChI is InChI=1S/C17H22N2O3S/c1-22-11-12(20)7-8-18-16(21)15-13-5-4-6-14(13)23-17(15)19-9-2-3-10-19/h2-3,9-10,12,20H,4-8,11H2,1H3,(H,18,21). The lowest BCUT2D eigenvalue weighted by Crippen LogP contribution is -2.29. The van der Waals surface area contributed by atoms with Crippen LogP contribution in [-0.4, -0.2) is 41.9 Å². The summed E-state index contributed by atoms with van der Waals surface area (Å²) < 4.78 is 6.91. The number of aromatic nitrogens is 1. The molecule has 1 aliphatic rings. The van der Waals surface area contributed by atoms with Gasteiger partial charge in [-0.3, -0.25) is 4.79 Å². The predicted octanol–water partition coefficient (Wildman–Crippen LogP) is 2.15. The van der Waals surface area contributed by atoms with Crippen molar-refractivity contribution in [2.75, 3.05) is 20.3 Å². The number of rotatable bonds is 7. The fourth-order valence-electron chi connectivity index (χ4n) is 2.99.